The maximum Gasteiger partial charge on any atom is 0.423 e. The summed E-state index contributed by atoms with van der Waals surface area (Å²) in [4.78, 5) is 71.3. The Kier molecular flexibility index (Phi) is 4.93. The lowest BCUT2D eigenvalue weighted by Crippen LogP contribution is -2.10. The molecule has 0 amide bonds. The van der Waals surface area contributed by atoms with Gasteiger partial charge in [-0.3, -0.25) is 50.0 Å². The van der Waals surface area contributed by atoms with Gasteiger partial charge in [-0.2, -0.15) is 0 Å². The molecule has 4 aromatic rings. The third-order valence-corrected chi connectivity index (χ3v) is 6.95. The van der Waals surface area contributed by atoms with E-state index in [1.807, 2.05) is 0 Å². The molecule has 14 nitrogen and oxygen atoms in total. The number of ketones is 2. The number of nitro benzene ring substituents is 4. The average Bonchev–Trinajstić information content (AvgIpc) is 3.38. The second kappa shape index (κ2) is 8.16. The monoisotopic (exact) mass is 538 g/mol. The van der Waals surface area contributed by atoms with Crippen LogP contribution in [0.2, 0.25) is 0 Å². The predicted octanol–water partition coefficient (Wildman–Crippen LogP) is 5.41. The highest BCUT2D eigenvalue weighted by Crippen LogP contribution is 2.58. The van der Waals surface area contributed by atoms with Crippen molar-refractivity contribution in [2.24, 2.45) is 0 Å². The Hall–Kier alpha value is -6.18. The SMILES string of the molecule is O=C1c2ccccc2-c2cccc(-c3c4c(c([N+](=O)[O-])c([N+](=O)[O-])c3[N+](=O)[O-])-c3c(cccc3[N+](=O)[O-])C4=O)c21. The van der Waals surface area contributed by atoms with Crippen molar-refractivity contribution in [2.45, 2.75) is 0 Å². The second-order valence-corrected chi connectivity index (χ2v) is 8.83. The lowest BCUT2D eigenvalue weighted by atomic mass is 9.87. The first-order valence-corrected chi connectivity index (χ1v) is 11.3. The summed E-state index contributed by atoms with van der Waals surface area (Å²) in [6.07, 6.45) is 0. The van der Waals surface area contributed by atoms with Crippen LogP contribution < -0.4 is 0 Å². The van der Waals surface area contributed by atoms with E-state index in [1.54, 1.807) is 24.3 Å². The van der Waals surface area contributed by atoms with Crippen LogP contribution in [-0.4, -0.2) is 31.3 Å². The van der Waals surface area contributed by atoms with E-state index in [1.165, 1.54) is 18.2 Å². The second-order valence-electron chi connectivity index (χ2n) is 8.83. The molecule has 0 atom stereocenters. The summed E-state index contributed by atoms with van der Waals surface area (Å²) in [5, 5.41) is 48.8. The number of fused-ring (bicyclic) bond motifs is 6. The molecule has 0 heterocycles. The molecule has 0 unspecified atom stereocenters. The molecule has 6 rings (SSSR count). The van der Waals surface area contributed by atoms with Gasteiger partial charge < -0.3 is 0 Å². The van der Waals surface area contributed by atoms with Gasteiger partial charge in [-0.15, -0.1) is 0 Å². The highest BCUT2D eigenvalue weighted by molar-refractivity contribution is 6.31. The molecular weight excluding hydrogens is 528 g/mol. The molecule has 0 saturated carbocycles. The van der Waals surface area contributed by atoms with E-state index in [9.17, 15) is 50.0 Å². The highest BCUT2D eigenvalue weighted by Gasteiger charge is 2.52. The van der Waals surface area contributed by atoms with Crippen LogP contribution in [0.3, 0.4) is 0 Å². The molecule has 4 aromatic carbocycles. The predicted molar refractivity (Wildman–Crippen MR) is 136 cm³/mol. The summed E-state index contributed by atoms with van der Waals surface area (Å²) in [6, 6.07) is 13.8. The first-order chi connectivity index (χ1) is 19.1. The molecule has 0 bridgehead atoms. The van der Waals surface area contributed by atoms with Crippen LogP contribution >= 0.6 is 0 Å². The minimum Gasteiger partial charge on any atom is -0.289 e. The Labute approximate surface area is 220 Å². The third kappa shape index (κ3) is 2.97. The molecular formula is C26H10N4O10. The van der Waals surface area contributed by atoms with Crippen LogP contribution in [0.1, 0.15) is 31.8 Å². The van der Waals surface area contributed by atoms with Crippen molar-refractivity contribution in [3.8, 4) is 33.4 Å². The van der Waals surface area contributed by atoms with Gasteiger partial charge in [0, 0.05) is 28.3 Å². The van der Waals surface area contributed by atoms with Crippen molar-refractivity contribution in [3.05, 3.63) is 123 Å². The quantitative estimate of drug-likeness (QED) is 0.201. The number of hydrogen-bond donors (Lipinski definition) is 0. The van der Waals surface area contributed by atoms with Gasteiger partial charge in [0.15, 0.2) is 11.6 Å². The summed E-state index contributed by atoms with van der Waals surface area (Å²) in [6.45, 7) is 0. The van der Waals surface area contributed by atoms with E-state index >= 15 is 0 Å². The van der Waals surface area contributed by atoms with Crippen LogP contribution in [-0.2, 0) is 0 Å². The van der Waals surface area contributed by atoms with Gasteiger partial charge >= 0.3 is 17.1 Å². The fourth-order valence-corrected chi connectivity index (χ4v) is 5.53. The van der Waals surface area contributed by atoms with Gasteiger partial charge in [0.1, 0.15) is 0 Å². The molecule has 0 spiro atoms. The number of nitrogens with zero attached hydrogens (tertiary/aromatic N) is 4. The van der Waals surface area contributed by atoms with Gasteiger partial charge in [0.25, 0.3) is 5.69 Å². The number of benzene rings is 4. The van der Waals surface area contributed by atoms with E-state index in [2.05, 4.69) is 0 Å². The lowest BCUT2D eigenvalue weighted by Gasteiger charge is -2.13. The minimum absolute atomic E-state index is 0.101. The third-order valence-electron chi connectivity index (χ3n) is 6.95. The van der Waals surface area contributed by atoms with Crippen molar-refractivity contribution in [1.29, 1.82) is 0 Å². The summed E-state index contributed by atoms with van der Waals surface area (Å²) in [5.74, 6) is -1.63. The smallest absolute Gasteiger partial charge is 0.289 e. The Morgan fingerprint density at radius 2 is 0.900 bits per heavy atom. The van der Waals surface area contributed by atoms with Gasteiger partial charge in [-0.25, -0.2) is 0 Å². The van der Waals surface area contributed by atoms with Crippen molar-refractivity contribution in [2.75, 3.05) is 0 Å². The van der Waals surface area contributed by atoms with Crippen LogP contribution in [0.25, 0.3) is 33.4 Å². The Morgan fingerprint density at radius 1 is 0.400 bits per heavy atom. The number of carbonyl (C=O) groups is 2. The number of hydrogen-bond acceptors (Lipinski definition) is 10. The van der Waals surface area contributed by atoms with E-state index in [0.29, 0.717) is 11.1 Å². The zero-order chi connectivity index (χ0) is 28.6. The molecule has 194 valence electrons. The molecule has 2 aliphatic rings. The van der Waals surface area contributed by atoms with Crippen LogP contribution in [0, 0.1) is 40.5 Å². The topological polar surface area (TPSA) is 207 Å². The van der Waals surface area contributed by atoms with Crippen molar-refractivity contribution >= 4 is 34.3 Å². The van der Waals surface area contributed by atoms with Gasteiger partial charge in [-0.1, -0.05) is 48.5 Å². The minimum atomic E-state index is -1.57. The van der Waals surface area contributed by atoms with Crippen molar-refractivity contribution in [3.63, 3.8) is 0 Å². The lowest BCUT2D eigenvalue weighted by molar-refractivity contribution is -0.440. The molecule has 0 N–H and O–H groups in total. The van der Waals surface area contributed by atoms with Gasteiger partial charge in [-0.05, 0) is 17.2 Å². The molecule has 14 heteroatoms. The number of carbonyl (C=O) groups excluding carboxylic acids is 2. The number of rotatable bonds is 5. The molecule has 40 heavy (non-hydrogen) atoms. The van der Waals surface area contributed by atoms with Gasteiger partial charge in [0.2, 0.25) is 0 Å². The fraction of sp³-hybridized carbons (Fsp3) is 0. The van der Waals surface area contributed by atoms with E-state index in [0.717, 1.165) is 18.2 Å². The standard InChI is InChI=1S/C26H10N4O10/c31-25-13-6-2-1-5-11(13)12-7-3-8-14(17(12)25)19-21-20(18-15(26(21)32)9-4-10-16(18)27(33)34)23(29(37)38)24(30(39)40)22(19)28(35)36/h1-10H. The zero-order valence-electron chi connectivity index (χ0n) is 19.6. The summed E-state index contributed by atoms with van der Waals surface area (Å²) >= 11 is 0. The molecule has 0 fully saturated rings. The highest BCUT2D eigenvalue weighted by atomic mass is 16.7. The maximum atomic E-state index is 13.8. The van der Waals surface area contributed by atoms with Gasteiger partial charge in [0.05, 0.1) is 41.9 Å². The fourth-order valence-electron chi connectivity index (χ4n) is 5.53. The Morgan fingerprint density at radius 3 is 1.52 bits per heavy atom. The molecule has 2 aliphatic carbocycles. The maximum absolute atomic E-state index is 13.8. The molecule has 0 radical (unpaired) electrons. The zero-order valence-corrected chi connectivity index (χ0v) is 19.6. The molecule has 0 aliphatic heterocycles. The van der Waals surface area contributed by atoms with Crippen LogP contribution in [0.5, 0.6) is 0 Å². The average molecular weight is 538 g/mol. The van der Waals surface area contributed by atoms with Crippen molar-refractivity contribution < 1.29 is 29.3 Å². The van der Waals surface area contributed by atoms with Crippen molar-refractivity contribution in [1.82, 2.24) is 0 Å². The summed E-state index contributed by atoms with van der Waals surface area (Å²) in [5.41, 5.74) is -7.60. The first-order valence-electron chi connectivity index (χ1n) is 11.3. The summed E-state index contributed by atoms with van der Waals surface area (Å²) in [7, 11) is 0. The molecule has 0 aromatic heterocycles. The van der Waals surface area contributed by atoms with E-state index in [-0.39, 0.29) is 16.7 Å². The Bertz CT molecular complexity index is 1960. The normalized spacial score (nSPS) is 12.4. The largest absolute Gasteiger partial charge is 0.423 e. The molecule has 0 saturated heterocycles. The summed E-state index contributed by atoms with van der Waals surface area (Å²) < 4.78 is 0. The van der Waals surface area contributed by atoms with E-state index in [4.69, 9.17) is 0 Å². The van der Waals surface area contributed by atoms with E-state index < -0.39 is 81.8 Å². The Balaban J connectivity index is 1.87. The van der Waals surface area contributed by atoms with Crippen LogP contribution in [0.4, 0.5) is 22.7 Å². The first kappa shape index (κ1) is 24.2. The van der Waals surface area contributed by atoms with Crippen LogP contribution in [0.15, 0.2) is 60.7 Å². The number of nitro groups is 4.